The van der Waals surface area contributed by atoms with Gasteiger partial charge in [-0.25, -0.2) is 0 Å². The molecule has 0 aliphatic rings. The standard InChI is InChI=1S/C12H20O2PS/c1-4-13-15(6-3,14-5-2)16-12-10-8-7-9-11-12/h7-11H,4-6H2,1-3H3/q+1. The lowest BCUT2D eigenvalue weighted by atomic mass is 10.4. The lowest BCUT2D eigenvalue weighted by Gasteiger charge is -2.19. The summed E-state index contributed by atoms with van der Waals surface area (Å²) >= 11 is 1.75. The zero-order valence-corrected chi connectivity index (χ0v) is 11.9. The molecule has 1 aromatic carbocycles. The zero-order valence-electron chi connectivity index (χ0n) is 10.2. The van der Waals surface area contributed by atoms with Crippen molar-refractivity contribution in [2.45, 2.75) is 25.7 Å². The zero-order chi connectivity index (χ0) is 11.9. The predicted octanol–water partition coefficient (Wildman–Crippen LogP) is 4.63. The van der Waals surface area contributed by atoms with Gasteiger partial charge in [0.05, 0.1) is 18.1 Å². The van der Waals surface area contributed by atoms with Crippen LogP contribution in [-0.2, 0) is 9.05 Å². The van der Waals surface area contributed by atoms with E-state index in [2.05, 4.69) is 19.1 Å². The highest BCUT2D eigenvalue weighted by Crippen LogP contribution is 2.73. The smallest absolute Gasteiger partial charge is 0.194 e. The highest BCUT2D eigenvalue weighted by Gasteiger charge is 2.42. The van der Waals surface area contributed by atoms with E-state index in [1.165, 1.54) is 4.90 Å². The van der Waals surface area contributed by atoms with E-state index < -0.39 is 6.92 Å². The highest BCUT2D eigenvalue weighted by molar-refractivity contribution is 8.59. The Morgan fingerprint density at radius 2 is 1.56 bits per heavy atom. The van der Waals surface area contributed by atoms with Gasteiger partial charge in [0, 0.05) is 0 Å². The number of rotatable bonds is 7. The van der Waals surface area contributed by atoms with Gasteiger partial charge in [0.25, 0.3) is 0 Å². The summed E-state index contributed by atoms with van der Waals surface area (Å²) in [5.74, 6) is 0. The monoisotopic (exact) mass is 259 g/mol. The SMILES string of the molecule is CCO[P+](CC)(OCC)Sc1ccccc1. The maximum absolute atomic E-state index is 5.87. The molecular formula is C12H20O2PS+. The van der Waals surface area contributed by atoms with Crippen molar-refractivity contribution in [2.75, 3.05) is 19.4 Å². The fourth-order valence-electron chi connectivity index (χ4n) is 1.37. The summed E-state index contributed by atoms with van der Waals surface area (Å²) < 4.78 is 11.7. The molecule has 0 radical (unpaired) electrons. The van der Waals surface area contributed by atoms with E-state index in [4.69, 9.17) is 9.05 Å². The van der Waals surface area contributed by atoms with Gasteiger partial charge in [0.15, 0.2) is 0 Å². The molecule has 0 N–H and O–H groups in total. The molecule has 0 aromatic heterocycles. The van der Waals surface area contributed by atoms with Crippen LogP contribution in [0.15, 0.2) is 35.2 Å². The van der Waals surface area contributed by atoms with E-state index in [0.29, 0.717) is 13.2 Å². The average molecular weight is 259 g/mol. The van der Waals surface area contributed by atoms with Crippen molar-refractivity contribution in [3.63, 3.8) is 0 Å². The molecule has 0 aliphatic heterocycles. The minimum Gasteiger partial charge on any atom is -0.194 e. The van der Waals surface area contributed by atoms with Gasteiger partial charge in [0.1, 0.15) is 17.5 Å². The molecule has 16 heavy (non-hydrogen) atoms. The van der Waals surface area contributed by atoms with E-state index in [0.717, 1.165) is 6.16 Å². The molecule has 0 saturated carbocycles. The van der Waals surface area contributed by atoms with Gasteiger partial charge in [0.2, 0.25) is 0 Å². The molecule has 0 heterocycles. The molecule has 0 unspecified atom stereocenters. The Hall–Kier alpha value is -0.0800. The second-order valence-electron chi connectivity index (χ2n) is 3.17. The third-order valence-electron chi connectivity index (χ3n) is 2.03. The van der Waals surface area contributed by atoms with Crippen molar-refractivity contribution in [1.82, 2.24) is 0 Å². The molecule has 4 heteroatoms. The van der Waals surface area contributed by atoms with Crippen LogP contribution in [0.1, 0.15) is 20.8 Å². The maximum atomic E-state index is 5.87. The van der Waals surface area contributed by atoms with Crippen LogP contribution in [0.4, 0.5) is 0 Å². The molecule has 2 nitrogen and oxygen atoms in total. The van der Waals surface area contributed by atoms with Crippen molar-refractivity contribution >= 4 is 18.3 Å². The highest BCUT2D eigenvalue weighted by atomic mass is 32.7. The Kier molecular flexibility index (Phi) is 6.37. The Morgan fingerprint density at radius 3 is 2.00 bits per heavy atom. The van der Waals surface area contributed by atoms with Gasteiger partial charge < -0.3 is 0 Å². The van der Waals surface area contributed by atoms with E-state index in [9.17, 15) is 0 Å². The molecule has 90 valence electrons. The average Bonchev–Trinajstić information content (AvgIpc) is 2.31. The van der Waals surface area contributed by atoms with Crippen LogP contribution in [0, 0.1) is 0 Å². The van der Waals surface area contributed by atoms with Gasteiger partial charge >= 0.3 is 6.92 Å². The van der Waals surface area contributed by atoms with E-state index in [1.807, 2.05) is 32.0 Å². The molecule has 1 aromatic rings. The molecule has 0 bridgehead atoms. The molecular weight excluding hydrogens is 239 g/mol. The molecule has 0 aliphatic carbocycles. The molecule has 0 saturated heterocycles. The predicted molar refractivity (Wildman–Crippen MR) is 73.0 cm³/mol. The number of hydrogen-bond donors (Lipinski definition) is 0. The normalized spacial score (nSPS) is 11.7. The first-order valence-electron chi connectivity index (χ1n) is 5.68. The molecule has 0 atom stereocenters. The van der Waals surface area contributed by atoms with Gasteiger partial charge in [-0.3, -0.25) is 0 Å². The summed E-state index contributed by atoms with van der Waals surface area (Å²) in [6.07, 6.45) is 0.939. The van der Waals surface area contributed by atoms with E-state index >= 15 is 0 Å². The van der Waals surface area contributed by atoms with Crippen LogP contribution in [-0.4, -0.2) is 19.4 Å². The van der Waals surface area contributed by atoms with Crippen LogP contribution < -0.4 is 0 Å². The van der Waals surface area contributed by atoms with Gasteiger partial charge in [-0.15, -0.1) is 0 Å². The first kappa shape index (κ1) is 14.0. The van der Waals surface area contributed by atoms with Crippen LogP contribution in [0.2, 0.25) is 0 Å². The van der Waals surface area contributed by atoms with Crippen molar-refractivity contribution in [3.05, 3.63) is 30.3 Å². The van der Waals surface area contributed by atoms with E-state index in [1.54, 1.807) is 11.4 Å². The summed E-state index contributed by atoms with van der Waals surface area (Å²) in [5, 5.41) is 0. The Balaban J connectivity index is 2.76. The van der Waals surface area contributed by atoms with Crippen LogP contribution in [0.5, 0.6) is 0 Å². The first-order chi connectivity index (χ1) is 7.76. The Bertz CT molecular complexity index is 286. The Morgan fingerprint density at radius 1 is 1.00 bits per heavy atom. The molecule has 1 rings (SSSR count). The van der Waals surface area contributed by atoms with Gasteiger partial charge in [-0.05, 0) is 32.9 Å². The number of hydrogen-bond acceptors (Lipinski definition) is 3. The maximum Gasteiger partial charge on any atom is 0.337 e. The van der Waals surface area contributed by atoms with Crippen molar-refractivity contribution in [2.24, 2.45) is 0 Å². The summed E-state index contributed by atoms with van der Waals surface area (Å²) in [7, 11) is 0. The molecule has 0 spiro atoms. The third kappa shape index (κ3) is 4.06. The lowest BCUT2D eigenvalue weighted by Crippen LogP contribution is -2.02. The molecule has 0 fully saturated rings. The summed E-state index contributed by atoms with van der Waals surface area (Å²) in [6, 6.07) is 10.3. The fraction of sp³-hybridized carbons (Fsp3) is 0.500. The van der Waals surface area contributed by atoms with Crippen LogP contribution >= 0.6 is 18.3 Å². The largest absolute Gasteiger partial charge is 0.337 e. The quantitative estimate of drug-likeness (QED) is 0.665. The number of benzene rings is 1. The summed E-state index contributed by atoms with van der Waals surface area (Å²) in [4.78, 5) is 1.22. The molecule has 0 amide bonds. The summed E-state index contributed by atoms with van der Waals surface area (Å²) in [6.45, 7) is 5.82. The van der Waals surface area contributed by atoms with Crippen LogP contribution in [0.3, 0.4) is 0 Å². The van der Waals surface area contributed by atoms with Crippen molar-refractivity contribution < 1.29 is 9.05 Å². The summed E-state index contributed by atoms with van der Waals surface area (Å²) in [5.41, 5.74) is 0. The first-order valence-corrected chi connectivity index (χ1v) is 8.91. The van der Waals surface area contributed by atoms with E-state index in [-0.39, 0.29) is 0 Å². The van der Waals surface area contributed by atoms with Gasteiger partial charge in [-0.2, -0.15) is 9.05 Å². The fourth-order valence-corrected chi connectivity index (χ4v) is 6.10. The third-order valence-corrected chi connectivity index (χ3v) is 7.74. The van der Waals surface area contributed by atoms with Crippen molar-refractivity contribution in [3.8, 4) is 0 Å². The van der Waals surface area contributed by atoms with Crippen molar-refractivity contribution in [1.29, 1.82) is 0 Å². The van der Waals surface area contributed by atoms with Gasteiger partial charge in [-0.1, -0.05) is 18.2 Å². The lowest BCUT2D eigenvalue weighted by molar-refractivity contribution is 0.264. The minimum atomic E-state index is -1.78. The van der Waals surface area contributed by atoms with Crippen LogP contribution in [0.25, 0.3) is 0 Å². The second-order valence-corrected chi connectivity index (χ2v) is 8.41. The second kappa shape index (κ2) is 7.29. The topological polar surface area (TPSA) is 18.5 Å². The minimum absolute atomic E-state index is 0.710. The Labute approximate surface area is 103 Å².